The van der Waals surface area contributed by atoms with Crippen LogP contribution in [0.25, 0.3) is 21.2 Å². The molecule has 0 saturated heterocycles. The third-order valence-electron chi connectivity index (χ3n) is 4.99. The SMILES string of the molecule is Cc1ccc(S(=O)(=O)OCCOCCOc2cccc3c(OCCOCCN=[N+]=[N-])cccc23)cc1. The highest BCUT2D eigenvalue weighted by molar-refractivity contribution is 7.86. The van der Waals surface area contributed by atoms with Gasteiger partial charge in [-0.2, -0.15) is 8.42 Å². The van der Waals surface area contributed by atoms with Crippen LogP contribution in [0.5, 0.6) is 11.5 Å². The fraction of sp³-hybridized carbons (Fsp3) is 0.360. The van der Waals surface area contributed by atoms with Crippen molar-refractivity contribution >= 4 is 20.9 Å². The lowest BCUT2D eigenvalue weighted by atomic mass is 10.1. The molecule has 36 heavy (non-hydrogen) atoms. The van der Waals surface area contributed by atoms with E-state index in [0.717, 1.165) is 16.3 Å². The van der Waals surface area contributed by atoms with Crippen molar-refractivity contribution in [1.82, 2.24) is 0 Å². The van der Waals surface area contributed by atoms with Gasteiger partial charge < -0.3 is 18.9 Å². The molecule has 0 N–H and O–H groups in total. The van der Waals surface area contributed by atoms with Crippen LogP contribution in [0.15, 0.2) is 70.7 Å². The zero-order valence-corrected chi connectivity index (χ0v) is 20.9. The second-order valence-corrected chi connectivity index (χ2v) is 9.19. The van der Waals surface area contributed by atoms with Gasteiger partial charge in [0.1, 0.15) is 24.7 Å². The highest BCUT2D eigenvalue weighted by Crippen LogP contribution is 2.32. The van der Waals surface area contributed by atoms with Crippen LogP contribution >= 0.6 is 0 Å². The Bertz CT molecular complexity index is 1260. The van der Waals surface area contributed by atoms with Crippen molar-refractivity contribution in [2.75, 3.05) is 52.8 Å². The van der Waals surface area contributed by atoms with Crippen LogP contribution in [-0.4, -0.2) is 61.2 Å². The molecule has 0 aromatic heterocycles. The minimum absolute atomic E-state index is 0.0829. The fourth-order valence-corrected chi connectivity index (χ4v) is 4.15. The summed E-state index contributed by atoms with van der Waals surface area (Å²) in [5.74, 6) is 1.39. The molecule has 0 fully saturated rings. The molecule has 11 heteroatoms. The molecule has 3 aromatic rings. The van der Waals surface area contributed by atoms with E-state index >= 15 is 0 Å². The molecule has 0 atom stereocenters. The van der Waals surface area contributed by atoms with Crippen molar-refractivity contribution in [3.8, 4) is 11.5 Å². The van der Waals surface area contributed by atoms with Gasteiger partial charge in [0.25, 0.3) is 10.1 Å². The van der Waals surface area contributed by atoms with Crippen LogP contribution < -0.4 is 9.47 Å². The second-order valence-electron chi connectivity index (χ2n) is 7.57. The standard InChI is InChI=1S/C25H29N3O7S/c1-20-8-10-21(11-9-20)36(29,30)35-19-16-32-15-18-34-25-7-3-4-22-23(25)5-2-6-24(22)33-17-14-31-13-12-27-28-26/h2-11H,12-19H2,1H3. The molecule has 192 valence electrons. The Labute approximate surface area is 210 Å². The van der Waals surface area contributed by atoms with Gasteiger partial charge in [0.2, 0.25) is 0 Å². The molecule has 0 radical (unpaired) electrons. The van der Waals surface area contributed by atoms with E-state index in [1.54, 1.807) is 12.1 Å². The van der Waals surface area contributed by atoms with Gasteiger partial charge in [0.05, 0.1) is 37.9 Å². The normalized spacial score (nSPS) is 11.2. The lowest BCUT2D eigenvalue weighted by Crippen LogP contribution is -2.14. The number of aryl methyl sites for hydroxylation is 1. The van der Waals surface area contributed by atoms with E-state index in [0.29, 0.717) is 31.3 Å². The molecule has 0 aliphatic carbocycles. The number of hydrogen-bond donors (Lipinski definition) is 0. The van der Waals surface area contributed by atoms with Crippen molar-refractivity contribution in [2.24, 2.45) is 5.11 Å². The summed E-state index contributed by atoms with van der Waals surface area (Å²) >= 11 is 0. The van der Waals surface area contributed by atoms with E-state index in [1.165, 1.54) is 12.1 Å². The molecule has 0 unspecified atom stereocenters. The highest BCUT2D eigenvalue weighted by atomic mass is 32.2. The lowest BCUT2D eigenvalue weighted by molar-refractivity contribution is 0.0782. The number of fused-ring (bicyclic) bond motifs is 1. The molecule has 3 aromatic carbocycles. The predicted molar refractivity (Wildman–Crippen MR) is 135 cm³/mol. The fourth-order valence-electron chi connectivity index (χ4n) is 3.25. The average molecular weight is 516 g/mol. The van der Waals surface area contributed by atoms with Gasteiger partial charge in [0, 0.05) is 22.2 Å². The summed E-state index contributed by atoms with van der Waals surface area (Å²) in [5.41, 5.74) is 9.22. The Morgan fingerprint density at radius 2 is 1.31 bits per heavy atom. The maximum atomic E-state index is 12.2. The Morgan fingerprint density at radius 3 is 1.89 bits per heavy atom. The average Bonchev–Trinajstić information content (AvgIpc) is 2.88. The number of hydrogen-bond acceptors (Lipinski definition) is 8. The molecular weight excluding hydrogens is 486 g/mol. The number of azide groups is 1. The minimum Gasteiger partial charge on any atom is -0.491 e. The monoisotopic (exact) mass is 515 g/mol. The summed E-state index contributed by atoms with van der Waals surface area (Å²) in [6.07, 6.45) is 0. The first-order valence-electron chi connectivity index (χ1n) is 11.4. The van der Waals surface area contributed by atoms with Crippen LogP contribution in [0.2, 0.25) is 0 Å². The van der Waals surface area contributed by atoms with Gasteiger partial charge in [-0.3, -0.25) is 4.18 Å². The molecular formula is C25H29N3O7S. The Balaban J connectivity index is 1.40. The molecule has 0 spiro atoms. The van der Waals surface area contributed by atoms with E-state index in [1.807, 2.05) is 43.3 Å². The van der Waals surface area contributed by atoms with E-state index < -0.39 is 10.1 Å². The molecule has 0 aliphatic heterocycles. The van der Waals surface area contributed by atoms with Crippen molar-refractivity contribution in [2.45, 2.75) is 11.8 Å². The number of nitrogens with zero attached hydrogens (tertiary/aromatic N) is 3. The second kappa shape index (κ2) is 14.3. The largest absolute Gasteiger partial charge is 0.491 e. The van der Waals surface area contributed by atoms with Crippen LogP contribution in [-0.2, 0) is 23.8 Å². The summed E-state index contributed by atoms with van der Waals surface area (Å²) in [4.78, 5) is 2.79. The first kappa shape index (κ1) is 27.3. The third-order valence-corrected chi connectivity index (χ3v) is 6.31. The van der Waals surface area contributed by atoms with Gasteiger partial charge >= 0.3 is 0 Å². The maximum absolute atomic E-state index is 12.2. The minimum atomic E-state index is -3.80. The van der Waals surface area contributed by atoms with Crippen LogP contribution in [0.3, 0.4) is 0 Å². The van der Waals surface area contributed by atoms with E-state index in [-0.39, 0.29) is 37.9 Å². The van der Waals surface area contributed by atoms with Gasteiger partial charge in [0.15, 0.2) is 0 Å². The van der Waals surface area contributed by atoms with Crippen molar-refractivity contribution in [3.05, 3.63) is 76.7 Å². The molecule has 10 nitrogen and oxygen atoms in total. The third kappa shape index (κ3) is 8.40. The van der Waals surface area contributed by atoms with Crippen molar-refractivity contribution in [3.63, 3.8) is 0 Å². The summed E-state index contributed by atoms with van der Waals surface area (Å²) in [7, 11) is -3.80. The van der Waals surface area contributed by atoms with Crippen molar-refractivity contribution < 1.29 is 31.5 Å². The molecule has 0 heterocycles. The highest BCUT2D eigenvalue weighted by Gasteiger charge is 2.14. The summed E-state index contributed by atoms with van der Waals surface area (Å²) < 4.78 is 51.9. The zero-order valence-electron chi connectivity index (χ0n) is 20.0. The predicted octanol–water partition coefficient (Wildman–Crippen LogP) is 4.65. The number of rotatable bonds is 16. The lowest BCUT2D eigenvalue weighted by Gasteiger charge is -2.13. The summed E-state index contributed by atoms with van der Waals surface area (Å²) in [6, 6.07) is 17.9. The number of ether oxygens (including phenoxy) is 4. The molecule has 0 bridgehead atoms. The topological polar surface area (TPSA) is 129 Å². The van der Waals surface area contributed by atoms with E-state index in [2.05, 4.69) is 10.0 Å². The van der Waals surface area contributed by atoms with Gasteiger partial charge in [-0.15, -0.1) is 0 Å². The first-order valence-corrected chi connectivity index (χ1v) is 12.8. The summed E-state index contributed by atoms with van der Waals surface area (Å²) in [5, 5.41) is 5.21. The smallest absolute Gasteiger partial charge is 0.297 e. The van der Waals surface area contributed by atoms with Crippen LogP contribution in [0, 0.1) is 6.92 Å². The van der Waals surface area contributed by atoms with Crippen LogP contribution in [0.1, 0.15) is 5.56 Å². The molecule has 0 saturated carbocycles. The number of benzene rings is 3. The molecule has 0 amide bonds. The Hall–Kier alpha value is -3.34. The van der Waals surface area contributed by atoms with Gasteiger partial charge in [-0.1, -0.05) is 47.1 Å². The Morgan fingerprint density at radius 1 is 0.750 bits per heavy atom. The zero-order chi connectivity index (χ0) is 25.6. The quantitative estimate of drug-likeness (QED) is 0.0892. The molecule has 0 aliphatic rings. The van der Waals surface area contributed by atoms with Gasteiger partial charge in [-0.05, 0) is 36.7 Å². The maximum Gasteiger partial charge on any atom is 0.297 e. The van der Waals surface area contributed by atoms with E-state index in [9.17, 15) is 8.42 Å². The van der Waals surface area contributed by atoms with Crippen molar-refractivity contribution in [1.29, 1.82) is 0 Å². The Kier molecular flexibility index (Phi) is 10.8. The molecule has 3 rings (SSSR count). The van der Waals surface area contributed by atoms with E-state index in [4.69, 9.17) is 28.7 Å². The van der Waals surface area contributed by atoms with Crippen LogP contribution in [0.4, 0.5) is 0 Å². The van der Waals surface area contributed by atoms with Gasteiger partial charge in [-0.25, -0.2) is 0 Å². The first-order chi connectivity index (χ1) is 17.5. The summed E-state index contributed by atoms with van der Waals surface area (Å²) in [6.45, 7) is 3.84.